The number of carbonyl (C=O) groups is 2. The van der Waals surface area contributed by atoms with Gasteiger partial charge in [0.15, 0.2) is 0 Å². The van der Waals surface area contributed by atoms with Crippen molar-refractivity contribution in [3.8, 4) is 0 Å². The highest BCUT2D eigenvalue weighted by Crippen LogP contribution is 2.32. The molecule has 0 bridgehead atoms. The van der Waals surface area contributed by atoms with Gasteiger partial charge in [-0.05, 0) is 55.0 Å². The van der Waals surface area contributed by atoms with E-state index in [1.807, 2.05) is 61.1 Å². The summed E-state index contributed by atoms with van der Waals surface area (Å²) in [5.74, 6) is -0.137. The zero-order valence-corrected chi connectivity index (χ0v) is 15.6. The minimum Gasteiger partial charge on any atom is -0.465 e. The number of thioether (sulfide) groups is 1. The third-order valence-corrected chi connectivity index (χ3v) is 5.18. The van der Waals surface area contributed by atoms with Gasteiger partial charge in [0, 0.05) is 22.7 Å². The number of hydrogen-bond acceptors (Lipinski definition) is 4. The van der Waals surface area contributed by atoms with Gasteiger partial charge in [-0.3, -0.25) is 9.59 Å². The monoisotopic (exact) mass is 357 g/mol. The van der Waals surface area contributed by atoms with Crippen LogP contribution in [-0.2, 0) is 16.1 Å². The molecule has 0 fully saturated rings. The van der Waals surface area contributed by atoms with E-state index in [4.69, 9.17) is 4.74 Å². The van der Waals surface area contributed by atoms with Crippen LogP contribution in [0.4, 0.5) is 0 Å². The summed E-state index contributed by atoms with van der Waals surface area (Å²) in [4.78, 5) is 26.3. The molecule has 2 heterocycles. The average molecular weight is 357 g/mol. The fraction of sp³-hybridized carbons (Fsp3) is 0.400. The van der Waals surface area contributed by atoms with E-state index in [0.717, 1.165) is 10.6 Å². The number of ketones is 1. The molecule has 0 amide bonds. The molecular weight excluding hydrogens is 334 g/mol. The predicted octanol–water partition coefficient (Wildman–Crippen LogP) is 4.13. The Morgan fingerprint density at radius 1 is 1.20 bits per heavy atom. The number of carbonyl (C=O) groups excluding carboxylic acids is 2. The lowest BCUT2D eigenvalue weighted by Gasteiger charge is -2.11. The van der Waals surface area contributed by atoms with Crippen molar-refractivity contribution in [1.29, 1.82) is 0 Å². The smallest absolute Gasteiger partial charge is 0.315 e. The molecule has 1 aromatic heterocycles. The van der Waals surface area contributed by atoms with E-state index in [1.54, 1.807) is 11.8 Å². The van der Waals surface area contributed by atoms with Gasteiger partial charge in [-0.2, -0.15) is 0 Å². The van der Waals surface area contributed by atoms with Crippen molar-refractivity contribution in [3.63, 3.8) is 0 Å². The van der Waals surface area contributed by atoms with Gasteiger partial charge in [0.1, 0.15) is 0 Å². The van der Waals surface area contributed by atoms with Gasteiger partial charge in [0.05, 0.1) is 18.2 Å². The summed E-state index contributed by atoms with van der Waals surface area (Å²) in [6.45, 7) is 5.14. The molecule has 0 radical (unpaired) electrons. The first kappa shape index (κ1) is 17.8. The lowest BCUT2D eigenvalue weighted by atomic mass is 10.1. The van der Waals surface area contributed by atoms with Gasteiger partial charge in [-0.1, -0.05) is 13.8 Å². The maximum Gasteiger partial charge on any atom is 0.315 e. The lowest BCUT2D eigenvalue weighted by Crippen LogP contribution is -2.16. The minimum absolute atomic E-state index is 0.00454. The van der Waals surface area contributed by atoms with Gasteiger partial charge in [-0.15, -0.1) is 11.8 Å². The van der Waals surface area contributed by atoms with Crippen molar-refractivity contribution < 1.29 is 14.3 Å². The van der Waals surface area contributed by atoms with Crippen LogP contribution in [0.2, 0.25) is 0 Å². The molecule has 25 heavy (non-hydrogen) atoms. The van der Waals surface area contributed by atoms with Gasteiger partial charge < -0.3 is 9.30 Å². The summed E-state index contributed by atoms with van der Waals surface area (Å²) in [6.07, 6.45) is 2.70. The first-order valence-corrected chi connectivity index (χ1v) is 9.78. The van der Waals surface area contributed by atoms with E-state index >= 15 is 0 Å². The van der Waals surface area contributed by atoms with Crippen molar-refractivity contribution in [2.24, 2.45) is 5.92 Å². The molecule has 0 saturated heterocycles. The number of esters is 1. The number of nitrogens with zero attached hydrogens (tertiary/aromatic N) is 1. The minimum atomic E-state index is -0.265. The molecule has 2 aromatic rings. The van der Waals surface area contributed by atoms with Gasteiger partial charge in [-0.25, -0.2) is 0 Å². The normalized spacial score (nSPS) is 16.1. The maximum atomic E-state index is 12.8. The fourth-order valence-corrected chi connectivity index (χ4v) is 3.53. The molecule has 3 rings (SSSR count). The molecule has 1 aromatic carbocycles. The van der Waals surface area contributed by atoms with Crippen LogP contribution in [-0.4, -0.2) is 29.2 Å². The Balaban J connectivity index is 1.79. The largest absolute Gasteiger partial charge is 0.465 e. The summed E-state index contributed by atoms with van der Waals surface area (Å²) in [5.41, 5.74) is 2.20. The van der Waals surface area contributed by atoms with E-state index in [2.05, 4.69) is 0 Å². The van der Waals surface area contributed by atoms with E-state index in [0.29, 0.717) is 36.7 Å². The summed E-state index contributed by atoms with van der Waals surface area (Å²) >= 11 is 1.65. The van der Waals surface area contributed by atoms with Crippen LogP contribution in [0.3, 0.4) is 0 Å². The number of fused-ring (bicyclic) bond motifs is 1. The number of benzene rings is 1. The highest BCUT2D eigenvalue weighted by molar-refractivity contribution is 7.98. The molecule has 4 nitrogen and oxygen atoms in total. The predicted molar refractivity (Wildman–Crippen MR) is 99.2 cm³/mol. The fourth-order valence-electron chi connectivity index (χ4n) is 3.12. The molecule has 5 heteroatoms. The molecule has 0 aliphatic carbocycles. The summed E-state index contributed by atoms with van der Waals surface area (Å²) in [6, 6.07) is 11.3. The molecule has 1 atom stereocenters. The Morgan fingerprint density at radius 2 is 1.92 bits per heavy atom. The van der Waals surface area contributed by atoms with Crippen LogP contribution in [0.5, 0.6) is 0 Å². The van der Waals surface area contributed by atoms with Crippen LogP contribution in [0.1, 0.15) is 47.9 Å². The van der Waals surface area contributed by atoms with Crippen LogP contribution >= 0.6 is 11.8 Å². The Labute approximate surface area is 152 Å². The van der Waals surface area contributed by atoms with Gasteiger partial charge >= 0.3 is 5.97 Å². The van der Waals surface area contributed by atoms with Crippen LogP contribution in [0, 0.1) is 5.92 Å². The third-order valence-electron chi connectivity index (χ3n) is 4.44. The van der Waals surface area contributed by atoms with Gasteiger partial charge in [0.2, 0.25) is 5.78 Å². The Morgan fingerprint density at radius 3 is 2.56 bits per heavy atom. The first-order chi connectivity index (χ1) is 12.0. The Bertz CT molecular complexity index is 777. The van der Waals surface area contributed by atoms with Crippen molar-refractivity contribution >= 4 is 23.5 Å². The van der Waals surface area contributed by atoms with Crippen LogP contribution in [0.25, 0.3) is 0 Å². The van der Waals surface area contributed by atoms with Crippen LogP contribution in [0.15, 0.2) is 41.3 Å². The number of aromatic nitrogens is 1. The summed E-state index contributed by atoms with van der Waals surface area (Å²) in [5, 5.41) is 0. The average Bonchev–Trinajstić information content (AvgIpc) is 3.21. The quantitative estimate of drug-likeness (QED) is 0.443. The Hall–Kier alpha value is -2.01. The number of ether oxygens (including phenoxy) is 1. The highest BCUT2D eigenvalue weighted by Gasteiger charge is 2.33. The third kappa shape index (κ3) is 3.66. The lowest BCUT2D eigenvalue weighted by molar-refractivity contribution is -0.146. The molecule has 1 aliphatic heterocycles. The maximum absolute atomic E-state index is 12.8. The van der Waals surface area contributed by atoms with Crippen molar-refractivity contribution in [2.45, 2.75) is 37.6 Å². The van der Waals surface area contributed by atoms with Gasteiger partial charge in [0.25, 0.3) is 0 Å². The van der Waals surface area contributed by atoms with Crippen LogP contribution < -0.4 is 0 Å². The zero-order valence-electron chi connectivity index (χ0n) is 14.8. The molecule has 132 valence electrons. The second kappa shape index (κ2) is 7.48. The summed E-state index contributed by atoms with van der Waals surface area (Å²) < 4.78 is 7.35. The first-order valence-electron chi connectivity index (χ1n) is 8.56. The standard InChI is InChI=1S/C20H23NO3S/c1-13(2)12-24-20(23)16-10-11-21-17(16)8-9-18(21)19(22)14-4-6-15(25-3)7-5-14/h4-9,13,16H,10-12H2,1-3H3. The topological polar surface area (TPSA) is 48.3 Å². The molecule has 0 spiro atoms. The number of rotatable bonds is 6. The highest BCUT2D eigenvalue weighted by atomic mass is 32.2. The van der Waals surface area contributed by atoms with E-state index < -0.39 is 0 Å². The van der Waals surface area contributed by atoms with Crippen molar-refractivity contribution in [1.82, 2.24) is 4.57 Å². The molecule has 1 aliphatic rings. The number of hydrogen-bond donors (Lipinski definition) is 0. The molecular formula is C20H23NO3S. The van der Waals surface area contributed by atoms with E-state index in [1.165, 1.54) is 0 Å². The van der Waals surface area contributed by atoms with E-state index in [9.17, 15) is 9.59 Å². The molecule has 0 saturated carbocycles. The van der Waals surface area contributed by atoms with E-state index in [-0.39, 0.29) is 17.7 Å². The SMILES string of the molecule is CSc1ccc(C(=O)c2ccc3n2CCC3C(=O)OCC(C)C)cc1. The Kier molecular flexibility index (Phi) is 5.33. The second-order valence-corrected chi connectivity index (χ2v) is 7.60. The summed E-state index contributed by atoms with van der Waals surface area (Å²) in [7, 11) is 0. The van der Waals surface area contributed by atoms with Crippen molar-refractivity contribution in [3.05, 3.63) is 53.3 Å². The van der Waals surface area contributed by atoms with Crippen molar-refractivity contribution in [2.75, 3.05) is 12.9 Å². The zero-order chi connectivity index (χ0) is 18.0. The molecule has 0 N–H and O–H groups in total. The second-order valence-electron chi connectivity index (χ2n) is 6.72. The molecule has 1 unspecified atom stereocenters.